The summed E-state index contributed by atoms with van der Waals surface area (Å²) in [5.41, 5.74) is 1.93. The summed E-state index contributed by atoms with van der Waals surface area (Å²) in [5, 5.41) is 8.07. The minimum atomic E-state index is 0. The van der Waals surface area contributed by atoms with E-state index in [0.717, 1.165) is 51.7 Å². The fourth-order valence-corrected chi connectivity index (χ4v) is 4.75. The number of hydrogen-bond acceptors (Lipinski definition) is 3. The lowest BCUT2D eigenvalue weighted by Crippen LogP contribution is -2.39. The number of aromatic nitrogens is 2. The molecule has 2 saturated heterocycles. The van der Waals surface area contributed by atoms with E-state index in [1.54, 1.807) is 0 Å². The standard InChI is InChI=1S/C22H30N4O.ClH/c1-2-19(17-8-4-3-5-9-17)21-11-7-14-25(21)22(27)20-12-15-26(24-20)18-10-6-13-23-16-18;/h3-5,8-9,12,15,18-19,21,23H,2,6-7,10-11,13-14,16H2,1H3;1H. The van der Waals surface area contributed by atoms with Crippen molar-refractivity contribution < 1.29 is 4.79 Å². The molecule has 1 aromatic heterocycles. The molecule has 0 saturated carbocycles. The number of nitrogens with one attached hydrogen (secondary N) is 1. The Morgan fingerprint density at radius 3 is 2.75 bits per heavy atom. The van der Waals surface area contributed by atoms with Gasteiger partial charge in [-0.2, -0.15) is 5.10 Å². The Morgan fingerprint density at radius 1 is 1.21 bits per heavy atom. The van der Waals surface area contributed by atoms with Crippen LogP contribution < -0.4 is 5.32 Å². The third-order valence-corrected chi connectivity index (χ3v) is 6.16. The Bertz CT molecular complexity index is 757. The SMILES string of the molecule is CCC(c1ccccc1)C1CCCN1C(=O)c1ccn(C2CCCNC2)n1.Cl. The third-order valence-electron chi connectivity index (χ3n) is 6.16. The first-order chi connectivity index (χ1) is 13.3. The number of halogens is 1. The molecule has 3 atom stereocenters. The Morgan fingerprint density at radius 2 is 2.04 bits per heavy atom. The molecule has 0 radical (unpaired) electrons. The number of carbonyl (C=O) groups is 1. The van der Waals surface area contributed by atoms with E-state index in [0.29, 0.717) is 17.7 Å². The van der Waals surface area contributed by atoms with Crippen LogP contribution in [0.25, 0.3) is 0 Å². The summed E-state index contributed by atoms with van der Waals surface area (Å²) < 4.78 is 1.99. The van der Waals surface area contributed by atoms with Crippen LogP contribution in [0.5, 0.6) is 0 Å². The van der Waals surface area contributed by atoms with E-state index < -0.39 is 0 Å². The lowest BCUT2D eigenvalue weighted by atomic mass is 9.87. The molecule has 6 heteroatoms. The molecule has 2 fully saturated rings. The van der Waals surface area contributed by atoms with Gasteiger partial charge in [-0.1, -0.05) is 37.3 Å². The Labute approximate surface area is 173 Å². The predicted octanol–water partition coefficient (Wildman–Crippen LogP) is 4.03. The van der Waals surface area contributed by atoms with Crippen LogP contribution in [0.3, 0.4) is 0 Å². The average molecular weight is 403 g/mol. The number of likely N-dealkylation sites (tertiary alicyclic amines) is 1. The summed E-state index contributed by atoms with van der Waals surface area (Å²) in [6, 6.07) is 13.2. The van der Waals surface area contributed by atoms with Crippen molar-refractivity contribution in [1.29, 1.82) is 0 Å². The van der Waals surface area contributed by atoms with Gasteiger partial charge in [0.15, 0.2) is 0 Å². The monoisotopic (exact) mass is 402 g/mol. The van der Waals surface area contributed by atoms with Gasteiger partial charge in [0.2, 0.25) is 0 Å². The van der Waals surface area contributed by atoms with Gasteiger partial charge in [0.25, 0.3) is 5.91 Å². The highest BCUT2D eigenvalue weighted by Crippen LogP contribution is 2.34. The van der Waals surface area contributed by atoms with Gasteiger partial charge >= 0.3 is 0 Å². The first kappa shape index (κ1) is 20.9. The summed E-state index contributed by atoms with van der Waals surface area (Å²) in [7, 11) is 0. The minimum absolute atomic E-state index is 0. The van der Waals surface area contributed by atoms with Crippen molar-refractivity contribution in [2.24, 2.45) is 0 Å². The summed E-state index contributed by atoms with van der Waals surface area (Å²) in [6.45, 7) is 5.08. The Hall–Kier alpha value is -1.85. The molecule has 1 amide bonds. The number of carbonyl (C=O) groups excluding carboxylic acids is 1. The van der Waals surface area contributed by atoms with Crippen LogP contribution in [0.1, 0.15) is 67.0 Å². The van der Waals surface area contributed by atoms with Crippen molar-refractivity contribution in [1.82, 2.24) is 20.0 Å². The lowest BCUT2D eigenvalue weighted by Gasteiger charge is -2.31. The van der Waals surface area contributed by atoms with E-state index in [9.17, 15) is 4.79 Å². The molecule has 0 bridgehead atoms. The number of nitrogens with zero attached hydrogens (tertiary/aromatic N) is 3. The van der Waals surface area contributed by atoms with Crippen LogP contribution in [0.2, 0.25) is 0 Å². The maximum Gasteiger partial charge on any atom is 0.274 e. The fraction of sp³-hybridized carbons (Fsp3) is 0.545. The van der Waals surface area contributed by atoms with Crippen LogP contribution in [-0.2, 0) is 0 Å². The molecule has 4 rings (SSSR count). The summed E-state index contributed by atoms with van der Waals surface area (Å²) in [5.74, 6) is 0.483. The van der Waals surface area contributed by atoms with Gasteiger partial charge in [-0.15, -0.1) is 12.4 Å². The number of hydrogen-bond donors (Lipinski definition) is 1. The molecule has 2 aliphatic heterocycles. The first-order valence-electron chi connectivity index (χ1n) is 10.4. The van der Waals surface area contributed by atoms with Crippen molar-refractivity contribution in [3.05, 3.63) is 53.9 Å². The van der Waals surface area contributed by atoms with Crippen molar-refractivity contribution in [2.75, 3.05) is 19.6 Å². The molecule has 1 aromatic carbocycles. The molecule has 152 valence electrons. The molecule has 2 aromatic rings. The first-order valence-corrected chi connectivity index (χ1v) is 10.4. The largest absolute Gasteiger partial charge is 0.334 e. The third kappa shape index (κ3) is 4.26. The highest BCUT2D eigenvalue weighted by Gasteiger charge is 2.36. The van der Waals surface area contributed by atoms with Gasteiger partial charge < -0.3 is 10.2 Å². The molecule has 5 nitrogen and oxygen atoms in total. The van der Waals surface area contributed by atoms with Crippen molar-refractivity contribution in [2.45, 2.75) is 57.0 Å². The average Bonchev–Trinajstić information content (AvgIpc) is 3.40. The highest BCUT2D eigenvalue weighted by molar-refractivity contribution is 5.92. The quantitative estimate of drug-likeness (QED) is 0.821. The number of amides is 1. The molecular weight excluding hydrogens is 372 g/mol. The summed E-state index contributed by atoms with van der Waals surface area (Å²) >= 11 is 0. The van der Waals surface area contributed by atoms with Gasteiger partial charge in [-0.05, 0) is 50.3 Å². The van der Waals surface area contributed by atoms with Crippen molar-refractivity contribution >= 4 is 18.3 Å². The number of benzene rings is 1. The minimum Gasteiger partial charge on any atom is -0.334 e. The maximum atomic E-state index is 13.2. The van der Waals surface area contributed by atoms with Crippen LogP contribution in [0, 0.1) is 0 Å². The normalized spacial score (nSPS) is 23.2. The molecule has 1 N–H and O–H groups in total. The summed E-state index contributed by atoms with van der Waals surface area (Å²) in [6.07, 6.45) is 7.46. The number of rotatable bonds is 5. The van der Waals surface area contributed by atoms with E-state index in [4.69, 9.17) is 0 Å². The second-order valence-corrected chi connectivity index (χ2v) is 7.81. The molecule has 0 spiro atoms. The summed E-state index contributed by atoms with van der Waals surface area (Å²) in [4.78, 5) is 15.3. The highest BCUT2D eigenvalue weighted by atomic mass is 35.5. The van der Waals surface area contributed by atoms with Crippen LogP contribution in [-0.4, -0.2) is 46.3 Å². The van der Waals surface area contributed by atoms with Crippen LogP contribution in [0.15, 0.2) is 42.6 Å². The zero-order valence-electron chi connectivity index (χ0n) is 16.6. The second kappa shape index (κ2) is 9.57. The smallest absolute Gasteiger partial charge is 0.274 e. The molecule has 0 aliphatic carbocycles. The Kier molecular flexibility index (Phi) is 7.13. The zero-order chi connectivity index (χ0) is 18.6. The molecule has 28 heavy (non-hydrogen) atoms. The van der Waals surface area contributed by atoms with E-state index in [1.165, 1.54) is 5.56 Å². The van der Waals surface area contributed by atoms with Crippen molar-refractivity contribution in [3.8, 4) is 0 Å². The zero-order valence-corrected chi connectivity index (χ0v) is 17.4. The van der Waals surface area contributed by atoms with Gasteiger partial charge in [0, 0.05) is 31.2 Å². The van der Waals surface area contributed by atoms with Gasteiger partial charge in [0.1, 0.15) is 5.69 Å². The number of piperidine rings is 1. The van der Waals surface area contributed by atoms with E-state index in [2.05, 4.69) is 52.6 Å². The second-order valence-electron chi connectivity index (χ2n) is 7.81. The van der Waals surface area contributed by atoms with E-state index >= 15 is 0 Å². The fourth-order valence-electron chi connectivity index (χ4n) is 4.75. The Balaban J connectivity index is 0.00000225. The molecule has 3 unspecified atom stereocenters. The van der Waals surface area contributed by atoms with E-state index in [1.807, 2.05) is 16.9 Å². The van der Waals surface area contributed by atoms with E-state index in [-0.39, 0.29) is 24.4 Å². The van der Waals surface area contributed by atoms with Gasteiger partial charge in [-0.25, -0.2) is 0 Å². The maximum absolute atomic E-state index is 13.2. The molecule has 2 aliphatic rings. The van der Waals surface area contributed by atoms with Gasteiger partial charge in [0.05, 0.1) is 6.04 Å². The van der Waals surface area contributed by atoms with Crippen LogP contribution in [0.4, 0.5) is 0 Å². The van der Waals surface area contributed by atoms with Gasteiger partial charge in [-0.3, -0.25) is 9.48 Å². The predicted molar refractivity (Wildman–Crippen MR) is 114 cm³/mol. The molecule has 3 heterocycles. The topological polar surface area (TPSA) is 50.2 Å². The lowest BCUT2D eigenvalue weighted by molar-refractivity contribution is 0.0707. The van der Waals surface area contributed by atoms with Crippen molar-refractivity contribution in [3.63, 3.8) is 0 Å². The molecular formula is C22H31ClN4O. The van der Waals surface area contributed by atoms with Crippen LogP contribution >= 0.6 is 12.4 Å².